The van der Waals surface area contributed by atoms with Gasteiger partial charge in [-0.05, 0) is 105 Å². The van der Waals surface area contributed by atoms with Crippen LogP contribution in [0, 0.1) is 34.6 Å². The van der Waals surface area contributed by atoms with Gasteiger partial charge in [-0.25, -0.2) is 0 Å². The van der Waals surface area contributed by atoms with E-state index in [1.807, 2.05) is 75.9 Å². The topological polar surface area (TPSA) is 73.2 Å². The largest absolute Gasteiger partial charge is 0.508 e. The number of nitrogens with zero attached hydrogens (tertiary/aromatic N) is 1. The van der Waals surface area contributed by atoms with E-state index in [0.717, 1.165) is 44.9 Å². The average molecular weight is 456 g/mol. The second-order valence-electron chi connectivity index (χ2n) is 8.73. The first kappa shape index (κ1) is 23.1. The molecule has 3 N–H and O–H groups in total. The molecule has 0 unspecified atom stereocenters. The molecule has 0 saturated heterocycles. The number of phenolic OH excluding ortho intramolecular Hbond substituents is 3. The van der Waals surface area contributed by atoms with Gasteiger partial charge in [-0.1, -0.05) is 12.1 Å². The Morgan fingerprint density at radius 2 is 1.09 bits per heavy atom. The molecule has 0 fully saturated rings. The third kappa shape index (κ3) is 4.50. The summed E-state index contributed by atoms with van der Waals surface area (Å²) in [5, 5.41) is 30.6. The minimum absolute atomic E-state index is 0.198. The fraction of sp³-hybridized carbons (Fsp3) is 0.172. The van der Waals surface area contributed by atoms with E-state index in [0.29, 0.717) is 11.5 Å². The molecule has 0 heterocycles. The standard InChI is InChI=1S/C29H29NO4/c1-17-12-19(3)27(32)15-25(17)30(26-16-28(33)20(4)13-18(26)2)22-6-9-24(10-7-22)34-29-11-8-23(31)14-21(29)5/h6-16,31-33H,1-5H3. The van der Waals surface area contributed by atoms with Gasteiger partial charge in [0, 0.05) is 17.8 Å². The van der Waals surface area contributed by atoms with Gasteiger partial charge in [0.15, 0.2) is 0 Å². The molecule has 0 atom stereocenters. The van der Waals surface area contributed by atoms with Crippen molar-refractivity contribution in [3.8, 4) is 28.7 Å². The Labute approximate surface area is 200 Å². The molecular weight excluding hydrogens is 426 g/mol. The van der Waals surface area contributed by atoms with Crippen LogP contribution in [0.25, 0.3) is 0 Å². The Hall–Kier alpha value is -4.12. The van der Waals surface area contributed by atoms with Crippen LogP contribution in [-0.4, -0.2) is 15.3 Å². The summed E-state index contributed by atoms with van der Waals surface area (Å²) >= 11 is 0. The van der Waals surface area contributed by atoms with Gasteiger partial charge in [0.1, 0.15) is 28.7 Å². The average Bonchev–Trinajstić information content (AvgIpc) is 2.78. The van der Waals surface area contributed by atoms with E-state index in [4.69, 9.17) is 4.74 Å². The lowest BCUT2D eigenvalue weighted by Crippen LogP contribution is -2.13. The molecule has 0 saturated carbocycles. The van der Waals surface area contributed by atoms with Crippen LogP contribution >= 0.6 is 0 Å². The van der Waals surface area contributed by atoms with Crippen LogP contribution in [0.4, 0.5) is 17.1 Å². The predicted octanol–water partition coefficient (Wildman–Crippen LogP) is 7.61. The lowest BCUT2D eigenvalue weighted by Gasteiger charge is -2.29. The molecule has 174 valence electrons. The molecule has 0 amide bonds. The van der Waals surface area contributed by atoms with E-state index in [-0.39, 0.29) is 17.2 Å². The van der Waals surface area contributed by atoms with Crippen molar-refractivity contribution >= 4 is 17.1 Å². The lowest BCUT2D eigenvalue weighted by atomic mass is 10.0. The summed E-state index contributed by atoms with van der Waals surface area (Å²) in [6.45, 7) is 9.63. The van der Waals surface area contributed by atoms with Crippen molar-refractivity contribution in [1.29, 1.82) is 0 Å². The molecular formula is C29H29NO4. The molecule has 0 aliphatic heterocycles. The van der Waals surface area contributed by atoms with Gasteiger partial charge in [-0.15, -0.1) is 0 Å². The molecule has 0 radical (unpaired) electrons. The number of aryl methyl sites for hydroxylation is 5. The van der Waals surface area contributed by atoms with E-state index >= 15 is 0 Å². The predicted molar refractivity (Wildman–Crippen MR) is 136 cm³/mol. The quantitative estimate of drug-likeness (QED) is 0.289. The molecule has 0 aliphatic rings. The van der Waals surface area contributed by atoms with E-state index in [1.54, 1.807) is 30.3 Å². The number of aromatic hydroxyl groups is 3. The monoisotopic (exact) mass is 455 g/mol. The van der Waals surface area contributed by atoms with Crippen LogP contribution in [-0.2, 0) is 0 Å². The van der Waals surface area contributed by atoms with Crippen LogP contribution in [0.3, 0.4) is 0 Å². The maximum Gasteiger partial charge on any atom is 0.130 e. The van der Waals surface area contributed by atoms with Gasteiger partial charge in [-0.2, -0.15) is 0 Å². The summed E-state index contributed by atoms with van der Waals surface area (Å²) in [5.74, 6) is 1.94. The summed E-state index contributed by atoms with van der Waals surface area (Å²) in [7, 11) is 0. The van der Waals surface area contributed by atoms with Crippen molar-refractivity contribution in [2.45, 2.75) is 34.6 Å². The highest BCUT2D eigenvalue weighted by atomic mass is 16.5. The van der Waals surface area contributed by atoms with E-state index in [1.165, 1.54) is 0 Å². The Balaban J connectivity index is 1.80. The molecule has 4 aromatic carbocycles. The van der Waals surface area contributed by atoms with Gasteiger partial charge in [0.25, 0.3) is 0 Å². The van der Waals surface area contributed by atoms with Gasteiger partial charge in [0.05, 0.1) is 11.4 Å². The Morgan fingerprint density at radius 3 is 1.59 bits per heavy atom. The second kappa shape index (κ2) is 9.02. The zero-order valence-corrected chi connectivity index (χ0v) is 20.0. The maximum absolute atomic E-state index is 10.5. The van der Waals surface area contributed by atoms with Gasteiger partial charge in [-0.3, -0.25) is 0 Å². The normalized spacial score (nSPS) is 10.9. The number of hydrogen-bond donors (Lipinski definition) is 3. The molecule has 34 heavy (non-hydrogen) atoms. The first-order valence-electron chi connectivity index (χ1n) is 11.1. The number of hydrogen-bond acceptors (Lipinski definition) is 5. The summed E-state index contributed by atoms with van der Waals surface area (Å²) in [6.07, 6.45) is 0. The fourth-order valence-electron chi connectivity index (χ4n) is 4.09. The molecule has 0 aromatic heterocycles. The summed E-state index contributed by atoms with van der Waals surface area (Å²) in [4.78, 5) is 2.03. The third-order valence-corrected chi connectivity index (χ3v) is 5.99. The molecule has 0 spiro atoms. The van der Waals surface area contributed by atoms with Gasteiger partial charge < -0.3 is 25.0 Å². The molecule has 4 aromatic rings. The molecule has 5 nitrogen and oxygen atoms in total. The lowest BCUT2D eigenvalue weighted by molar-refractivity contribution is 0.461. The summed E-state index contributed by atoms with van der Waals surface area (Å²) in [5.41, 5.74) is 6.92. The highest BCUT2D eigenvalue weighted by molar-refractivity contribution is 5.82. The summed E-state index contributed by atoms with van der Waals surface area (Å²) < 4.78 is 6.02. The van der Waals surface area contributed by atoms with Crippen molar-refractivity contribution < 1.29 is 20.1 Å². The van der Waals surface area contributed by atoms with Crippen LogP contribution in [0.15, 0.2) is 66.7 Å². The minimum atomic E-state index is 0.198. The molecule has 4 rings (SSSR count). The zero-order chi connectivity index (χ0) is 24.6. The number of benzene rings is 4. The second-order valence-corrected chi connectivity index (χ2v) is 8.73. The highest BCUT2D eigenvalue weighted by Gasteiger charge is 2.19. The smallest absolute Gasteiger partial charge is 0.130 e. The van der Waals surface area contributed by atoms with E-state index in [2.05, 4.69) is 0 Å². The fourth-order valence-corrected chi connectivity index (χ4v) is 4.09. The summed E-state index contributed by atoms with van der Waals surface area (Å²) in [6, 6.07) is 20.0. The van der Waals surface area contributed by atoms with Crippen molar-refractivity contribution in [2.24, 2.45) is 0 Å². The van der Waals surface area contributed by atoms with Gasteiger partial charge in [0.2, 0.25) is 0 Å². The van der Waals surface area contributed by atoms with Crippen LogP contribution in [0.1, 0.15) is 27.8 Å². The first-order valence-corrected chi connectivity index (χ1v) is 11.1. The van der Waals surface area contributed by atoms with E-state index in [9.17, 15) is 15.3 Å². The number of rotatable bonds is 5. The van der Waals surface area contributed by atoms with Crippen LogP contribution < -0.4 is 9.64 Å². The zero-order valence-electron chi connectivity index (χ0n) is 20.0. The van der Waals surface area contributed by atoms with Crippen molar-refractivity contribution in [2.75, 3.05) is 4.90 Å². The SMILES string of the molecule is Cc1cc(C)c(N(c2ccc(Oc3ccc(O)cc3C)cc2)c2cc(O)c(C)cc2C)cc1O. The minimum Gasteiger partial charge on any atom is -0.508 e. The van der Waals surface area contributed by atoms with Crippen molar-refractivity contribution in [3.63, 3.8) is 0 Å². The van der Waals surface area contributed by atoms with Crippen LogP contribution in [0.2, 0.25) is 0 Å². The molecule has 5 heteroatoms. The Bertz CT molecular complexity index is 1300. The van der Waals surface area contributed by atoms with E-state index < -0.39 is 0 Å². The van der Waals surface area contributed by atoms with Crippen molar-refractivity contribution in [1.82, 2.24) is 0 Å². The highest BCUT2D eigenvalue weighted by Crippen LogP contribution is 2.43. The molecule has 0 aliphatic carbocycles. The van der Waals surface area contributed by atoms with Gasteiger partial charge >= 0.3 is 0 Å². The third-order valence-electron chi connectivity index (χ3n) is 5.99. The first-order chi connectivity index (χ1) is 16.1. The maximum atomic E-state index is 10.5. The Morgan fingerprint density at radius 1 is 0.559 bits per heavy atom. The van der Waals surface area contributed by atoms with Crippen LogP contribution in [0.5, 0.6) is 28.7 Å². The number of ether oxygens (including phenoxy) is 1. The number of anilines is 3. The number of phenols is 3. The van der Waals surface area contributed by atoms with Crippen molar-refractivity contribution in [3.05, 3.63) is 94.5 Å². The molecule has 0 bridgehead atoms. The Kier molecular flexibility index (Phi) is 6.12.